The number of fused-ring (bicyclic) bond motifs is 2. The topological polar surface area (TPSA) is 16.1 Å². The molecule has 0 aromatic carbocycles. The zero-order chi connectivity index (χ0) is 13.4. The number of pyridine rings is 1. The number of piperidine rings is 1. The molecule has 106 valence electrons. The summed E-state index contributed by atoms with van der Waals surface area (Å²) in [5.74, 6) is 2.67. The van der Waals surface area contributed by atoms with Gasteiger partial charge in [-0.1, -0.05) is 24.6 Å². The van der Waals surface area contributed by atoms with E-state index in [1.807, 2.05) is 6.20 Å². The SMILES string of the molecule is C1=CC2CC1CC2CN1CCCCC1c1cccnc1. The second kappa shape index (κ2) is 5.33. The van der Waals surface area contributed by atoms with Gasteiger partial charge in [-0.05, 0) is 61.6 Å². The van der Waals surface area contributed by atoms with Gasteiger partial charge in [-0.3, -0.25) is 9.88 Å². The Morgan fingerprint density at radius 3 is 2.95 bits per heavy atom. The molecule has 20 heavy (non-hydrogen) atoms. The van der Waals surface area contributed by atoms with E-state index in [1.54, 1.807) is 0 Å². The molecule has 2 bridgehead atoms. The molecule has 1 saturated carbocycles. The summed E-state index contributed by atoms with van der Waals surface area (Å²) in [6.07, 6.45) is 15.8. The number of aromatic nitrogens is 1. The fraction of sp³-hybridized carbons (Fsp3) is 0.611. The number of hydrogen-bond acceptors (Lipinski definition) is 2. The molecule has 1 aromatic rings. The standard InChI is InChI=1S/C18H24N2/c1-2-9-20(13-17-11-14-6-7-15(17)10-14)18(5-1)16-4-3-8-19-12-16/h3-4,6-8,12,14-15,17-18H,1-2,5,9-11,13H2. The monoisotopic (exact) mass is 268 g/mol. The Labute approximate surface area is 121 Å². The third-order valence-corrected chi connectivity index (χ3v) is 5.57. The molecule has 2 heteroatoms. The second-order valence-corrected chi connectivity index (χ2v) is 6.83. The van der Waals surface area contributed by atoms with E-state index >= 15 is 0 Å². The van der Waals surface area contributed by atoms with Crippen LogP contribution in [0.2, 0.25) is 0 Å². The Kier molecular flexibility index (Phi) is 3.35. The van der Waals surface area contributed by atoms with Crippen LogP contribution in [0.5, 0.6) is 0 Å². The van der Waals surface area contributed by atoms with Gasteiger partial charge in [0.15, 0.2) is 0 Å². The minimum atomic E-state index is 0.612. The van der Waals surface area contributed by atoms with Crippen LogP contribution >= 0.6 is 0 Å². The third-order valence-electron chi connectivity index (χ3n) is 5.57. The van der Waals surface area contributed by atoms with Crippen LogP contribution in [0.3, 0.4) is 0 Å². The van der Waals surface area contributed by atoms with Gasteiger partial charge in [0.2, 0.25) is 0 Å². The van der Waals surface area contributed by atoms with E-state index in [9.17, 15) is 0 Å². The molecule has 1 aliphatic heterocycles. The molecule has 0 spiro atoms. The van der Waals surface area contributed by atoms with Crippen LogP contribution in [0.25, 0.3) is 0 Å². The molecule has 3 aliphatic rings. The lowest BCUT2D eigenvalue weighted by Gasteiger charge is -2.38. The van der Waals surface area contributed by atoms with E-state index in [4.69, 9.17) is 0 Å². The molecule has 2 nitrogen and oxygen atoms in total. The summed E-state index contributed by atoms with van der Waals surface area (Å²) in [7, 11) is 0. The molecule has 4 atom stereocenters. The number of likely N-dealkylation sites (tertiary alicyclic amines) is 1. The van der Waals surface area contributed by atoms with Crippen LogP contribution < -0.4 is 0 Å². The predicted molar refractivity (Wildman–Crippen MR) is 81.2 cm³/mol. The molecule has 2 aliphatic carbocycles. The maximum absolute atomic E-state index is 4.33. The van der Waals surface area contributed by atoms with Crippen molar-refractivity contribution < 1.29 is 0 Å². The van der Waals surface area contributed by atoms with Crippen LogP contribution in [0.15, 0.2) is 36.7 Å². The normalized spacial score (nSPS) is 36.6. The van der Waals surface area contributed by atoms with E-state index in [0.29, 0.717) is 6.04 Å². The van der Waals surface area contributed by atoms with E-state index < -0.39 is 0 Å². The number of allylic oxidation sites excluding steroid dienone is 2. The largest absolute Gasteiger partial charge is 0.296 e. The van der Waals surface area contributed by atoms with Crippen LogP contribution in [0.4, 0.5) is 0 Å². The molecule has 0 N–H and O–H groups in total. The summed E-state index contributed by atoms with van der Waals surface area (Å²) >= 11 is 0. The van der Waals surface area contributed by atoms with Crippen LogP contribution in [0, 0.1) is 17.8 Å². The van der Waals surface area contributed by atoms with Crippen molar-refractivity contribution in [3.05, 3.63) is 42.2 Å². The highest BCUT2D eigenvalue weighted by Gasteiger charge is 2.37. The van der Waals surface area contributed by atoms with Gasteiger partial charge in [0.05, 0.1) is 0 Å². The highest BCUT2D eigenvalue weighted by Crippen LogP contribution is 2.45. The summed E-state index contributed by atoms with van der Waals surface area (Å²) in [6.45, 7) is 2.57. The Morgan fingerprint density at radius 2 is 2.20 bits per heavy atom. The smallest absolute Gasteiger partial charge is 0.0363 e. The quantitative estimate of drug-likeness (QED) is 0.775. The minimum absolute atomic E-state index is 0.612. The van der Waals surface area contributed by atoms with Crippen LogP contribution in [-0.2, 0) is 0 Å². The average molecular weight is 268 g/mol. The van der Waals surface area contributed by atoms with Gasteiger partial charge in [0, 0.05) is 25.0 Å². The van der Waals surface area contributed by atoms with Crippen LogP contribution in [0.1, 0.15) is 43.7 Å². The van der Waals surface area contributed by atoms with Gasteiger partial charge < -0.3 is 0 Å². The van der Waals surface area contributed by atoms with Crippen molar-refractivity contribution in [3.63, 3.8) is 0 Å². The molecule has 0 radical (unpaired) electrons. The first kappa shape index (κ1) is 12.6. The summed E-state index contributed by atoms with van der Waals surface area (Å²) in [4.78, 5) is 7.08. The summed E-state index contributed by atoms with van der Waals surface area (Å²) in [5, 5.41) is 0. The molecule has 4 rings (SSSR count). The zero-order valence-corrected chi connectivity index (χ0v) is 12.1. The lowest BCUT2D eigenvalue weighted by molar-refractivity contribution is 0.117. The van der Waals surface area contributed by atoms with E-state index in [1.165, 1.54) is 50.8 Å². The molecular formula is C18H24N2. The van der Waals surface area contributed by atoms with Crippen molar-refractivity contribution in [2.45, 2.75) is 38.1 Å². The Morgan fingerprint density at radius 1 is 1.20 bits per heavy atom. The van der Waals surface area contributed by atoms with Crippen molar-refractivity contribution in [2.24, 2.45) is 17.8 Å². The van der Waals surface area contributed by atoms with Crippen molar-refractivity contribution in [3.8, 4) is 0 Å². The van der Waals surface area contributed by atoms with Gasteiger partial charge in [-0.15, -0.1) is 0 Å². The molecular weight excluding hydrogens is 244 g/mol. The Hall–Kier alpha value is -1.15. The van der Waals surface area contributed by atoms with Gasteiger partial charge in [0.25, 0.3) is 0 Å². The average Bonchev–Trinajstić information content (AvgIpc) is 3.11. The number of nitrogens with zero attached hydrogens (tertiary/aromatic N) is 2. The van der Waals surface area contributed by atoms with Gasteiger partial charge in [-0.25, -0.2) is 0 Å². The highest BCUT2D eigenvalue weighted by molar-refractivity contribution is 5.16. The Bertz CT molecular complexity index is 481. The van der Waals surface area contributed by atoms with Gasteiger partial charge in [-0.2, -0.15) is 0 Å². The molecule has 2 heterocycles. The van der Waals surface area contributed by atoms with Crippen molar-refractivity contribution in [2.75, 3.05) is 13.1 Å². The lowest BCUT2D eigenvalue weighted by atomic mass is 9.90. The molecule has 0 amide bonds. The fourth-order valence-electron chi connectivity index (χ4n) is 4.57. The summed E-state index contributed by atoms with van der Waals surface area (Å²) in [6, 6.07) is 4.96. The molecule has 1 aromatic heterocycles. The highest BCUT2D eigenvalue weighted by atomic mass is 15.2. The van der Waals surface area contributed by atoms with Crippen molar-refractivity contribution >= 4 is 0 Å². The Balaban J connectivity index is 1.49. The van der Waals surface area contributed by atoms with E-state index in [-0.39, 0.29) is 0 Å². The molecule has 1 saturated heterocycles. The van der Waals surface area contributed by atoms with Crippen LogP contribution in [-0.4, -0.2) is 23.0 Å². The summed E-state index contributed by atoms with van der Waals surface area (Å²) < 4.78 is 0. The van der Waals surface area contributed by atoms with E-state index in [0.717, 1.165) is 17.8 Å². The molecule has 2 fully saturated rings. The first-order valence-corrected chi connectivity index (χ1v) is 8.22. The van der Waals surface area contributed by atoms with Crippen molar-refractivity contribution in [1.82, 2.24) is 9.88 Å². The third kappa shape index (κ3) is 2.31. The van der Waals surface area contributed by atoms with E-state index in [2.05, 4.69) is 40.4 Å². The lowest BCUT2D eigenvalue weighted by Crippen LogP contribution is -2.38. The molecule has 4 unspecified atom stereocenters. The fourth-order valence-corrected chi connectivity index (χ4v) is 4.57. The maximum atomic E-state index is 4.33. The zero-order valence-electron chi connectivity index (χ0n) is 12.1. The summed E-state index contributed by atoms with van der Waals surface area (Å²) in [5.41, 5.74) is 1.42. The second-order valence-electron chi connectivity index (χ2n) is 6.83. The first-order chi connectivity index (χ1) is 9.90. The number of hydrogen-bond donors (Lipinski definition) is 0. The van der Waals surface area contributed by atoms with Crippen molar-refractivity contribution in [1.29, 1.82) is 0 Å². The first-order valence-electron chi connectivity index (χ1n) is 8.22. The predicted octanol–water partition coefficient (Wildman–Crippen LogP) is 3.82. The van der Waals surface area contributed by atoms with Gasteiger partial charge in [0.1, 0.15) is 0 Å². The maximum Gasteiger partial charge on any atom is 0.0363 e. The van der Waals surface area contributed by atoms with Gasteiger partial charge >= 0.3 is 0 Å². The minimum Gasteiger partial charge on any atom is -0.296 e. The number of rotatable bonds is 3.